The lowest BCUT2D eigenvalue weighted by atomic mass is 10.0. The Balaban J connectivity index is 3.13. The molecule has 0 aliphatic carbocycles. The standard InChI is InChI=1S/C12H19NO/c1-8-6-11(10(3)13-4)7-9(2)12(8)14-5/h6-7,10,13H,1-5H3. The summed E-state index contributed by atoms with van der Waals surface area (Å²) in [6, 6.07) is 4.73. The van der Waals surface area contributed by atoms with E-state index in [4.69, 9.17) is 4.74 Å². The second kappa shape index (κ2) is 4.47. The number of nitrogens with one attached hydrogen (secondary N) is 1. The normalized spacial score (nSPS) is 12.6. The van der Waals surface area contributed by atoms with Crippen LogP contribution in [0.5, 0.6) is 5.75 Å². The molecule has 0 spiro atoms. The molecule has 2 heteroatoms. The summed E-state index contributed by atoms with van der Waals surface area (Å²) in [6.45, 7) is 6.32. The zero-order valence-corrected chi connectivity index (χ0v) is 9.64. The molecule has 0 aliphatic rings. The molecule has 0 aromatic heterocycles. The highest BCUT2D eigenvalue weighted by atomic mass is 16.5. The Morgan fingerprint density at radius 2 is 1.71 bits per heavy atom. The van der Waals surface area contributed by atoms with Crippen LogP contribution in [-0.2, 0) is 0 Å². The van der Waals surface area contributed by atoms with E-state index in [1.54, 1.807) is 7.11 Å². The third-order valence-corrected chi connectivity index (χ3v) is 2.62. The molecule has 1 unspecified atom stereocenters. The van der Waals surface area contributed by atoms with E-state index >= 15 is 0 Å². The smallest absolute Gasteiger partial charge is 0.124 e. The van der Waals surface area contributed by atoms with Gasteiger partial charge in [0.25, 0.3) is 0 Å². The molecule has 1 atom stereocenters. The predicted octanol–water partition coefficient (Wildman–Crippen LogP) is 2.59. The van der Waals surface area contributed by atoms with Crippen LogP contribution >= 0.6 is 0 Å². The Morgan fingerprint density at radius 1 is 1.21 bits per heavy atom. The molecule has 2 nitrogen and oxygen atoms in total. The predicted molar refractivity (Wildman–Crippen MR) is 59.9 cm³/mol. The van der Waals surface area contributed by atoms with Crippen molar-refractivity contribution in [1.82, 2.24) is 5.32 Å². The van der Waals surface area contributed by atoms with Crippen LogP contribution in [0, 0.1) is 13.8 Å². The maximum Gasteiger partial charge on any atom is 0.124 e. The van der Waals surface area contributed by atoms with Crippen LogP contribution in [0.1, 0.15) is 29.7 Å². The van der Waals surface area contributed by atoms with E-state index in [0.29, 0.717) is 6.04 Å². The number of benzene rings is 1. The number of ether oxygens (including phenoxy) is 1. The fraction of sp³-hybridized carbons (Fsp3) is 0.500. The Kier molecular flexibility index (Phi) is 3.53. The van der Waals surface area contributed by atoms with Crippen molar-refractivity contribution in [3.63, 3.8) is 0 Å². The molecule has 0 saturated carbocycles. The van der Waals surface area contributed by atoms with Gasteiger partial charge in [0.15, 0.2) is 0 Å². The Bertz CT molecular complexity index is 297. The van der Waals surface area contributed by atoms with Crippen LogP contribution < -0.4 is 10.1 Å². The molecule has 1 aromatic carbocycles. The van der Waals surface area contributed by atoms with Crippen molar-refractivity contribution in [3.8, 4) is 5.75 Å². The van der Waals surface area contributed by atoms with Gasteiger partial charge >= 0.3 is 0 Å². The van der Waals surface area contributed by atoms with Gasteiger partial charge in [0.2, 0.25) is 0 Å². The molecule has 1 aromatic rings. The van der Waals surface area contributed by atoms with Gasteiger partial charge in [-0.1, -0.05) is 12.1 Å². The lowest BCUT2D eigenvalue weighted by molar-refractivity contribution is 0.408. The molecular formula is C12H19NO. The lowest BCUT2D eigenvalue weighted by Crippen LogP contribution is -2.12. The van der Waals surface area contributed by atoms with Crippen LogP contribution in [0.15, 0.2) is 12.1 Å². The summed E-state index contributed by atoms with van der Waals surface area (Å²) < 4.78 is 5.32. The first-order chi connectivity index (χ1) is 6.60. The zero-order valence-electron chi connectivity index (χ0n) is 9.64. The van der Waals surface area contributed by atoms with E-state index in [-0.39, 0.29) is 0 Å². The average molecular weight is 193 g/mol. The molecule has 0 radical (unpaired) electrons. The number of rotatable bonds is 3. The first-order valence-electron chi connectivity index (χ1n) is 4.92. The number of methoxy groups -OCH3 is 1. The van der Waals surface area contributed by atoms with Gasteiger partial charge in [0.05, 0.1) is 7.11 Å². The highest BCUT2D eigenvalue weighted by molar-refractivity contribution is 5.44. The highest BCUT2D eigenvalue weighted by Crippen LogP contribution is 2.26. The van der Waals surface area contributed by atoms with Crippen LogP contribution in [0.25, 0.3) is 0 Å². The van der Waals surface area contributed by atoms with Gasteiger partial charge in [-0.3, -0.25) is 0 Å². The van der Waals surface area contributed by atoms with E-state index in [2.05, 4.69) is 38.2 Å². The molecular weight excluding hydrogens is 174 g/mol. The minimum atomic E-state index is 0.387. The van der Waals surface area contributed by atoms with Gasteiger partial charge < -0.3 is 10.1 Å². The van der Waals surface area contributed by atoms with Crippen molar-refractivity contribution >= 4 is 0 Å². The molecule has 0 aliphatic heterocycles. The van der Waals surface area contributed by atoms with Crippen molar-refractivity contribution in [1.29, 1.82) is 0 Å². The Morgan fingerprint density at radius 3 is 2.07 bits per heavy atom. The van der Waals surface area contributed by atoms with Crippen molar-refractivity contribution in [2.24, 2.45) is 0 Å². The fourth-order valence-electron chi connectivity index (χ4n) is 1.72. The lowest BCUT2D eigenvalue weighted by Gasteiger charge is -2.15. The van der Waals surface area contributed by atoms with E-state index in [1.807, 2.05) is 7.05 Å². The van der Waals surface area contributed by atoms with Gasteiger partial charge in [-0.05, 0) is 44.5 Å². The first-order valence-corrected chi connectivity index (χ1v) is 4.92. The SMILES string of the molecule is CNC(C)c1cc(C)c(OC)c(C)c1. The molecule has 0 fully saturated rings. The van der Waals surface area contributed by atoms with Gasteiger partial charge in [0, 0.05) is 6.04 Å². The first kappa shape index (κ1) is 11.1. The minimum absolute atomic E-state index is 0.387. The summed E-state index contributed by atoms with van der Waals surface area (Å²) in [7, 11) is 3.69. The van der Waals surface area contributed by atoms with Crippen molar-refractivity contribution < 1.29 is 4.74 Å². The van der Waals surface area contributed by atoms with Gasteiger partial charge in [-0.15, -0.1) is 0 Å². The molecule has 14 heavy (non-hydrogen) atoms. The summed E-state index contributed by atoms with van der Waals surface area (Å²) in [5, 5.41) is 3.23. The molecule has 78 valence electrons. The Hall–Kier alpha value is -1.02. The van der Waals surface area contributed by atoms with Crippen LogP contribution in [0.2, 0.25) is 0 Å². The second-order valence-corrected chi connectivity index (χ2v) is 3.70. The molecule has 0 bridgehead atoms. The third-order valence-electron chi connectivity index (χ3n) is 2.62. The summed E-state index contributed by atoms with van der Waals surface area (Å²) in [5.41, 5.74) is 3.71. The molecule has 0 saturated heterocycles. The van der Waals surface area contributed by atoms with Crippen LogP contribution in [0.3, 0.4) is 0 Å². The maximum atomic E-state index is 5.32. The van der Waals surface area contributed by atoms with Gasteiger partial charge in [-0.25, -0.2) is 0 Å². The van der Waals surface area contributed by atoms with Crippen LogP contribution in [0.4, 0.5) is 0 Å². The van der Waals surface area contributed by atoms with Crippen LogP contribution in [-0.4, -0.2) is 14.2 Å². The zero-order chi connectivity index (χ0) is 10.7. The number of hydrogen-bond donors (Lipinski definition) is 1. The maximum absolute atomic E-state index is 5.32. The van der Waals surface area contributed by atoms with Gasteiger partial charge in [-0.2, -0.15) is 0 Å². The minimum Gasteiger partial charge on any atom is -0.496 e. The van der Waals surface area contributed by atoms with Gasteiger partial charge in [0.1, 0.15) is 5.75 Å². The van der Waals surface area contributed by atoms with E-state index in [9.17, 15) is 0 Å². The molecule has 0 amide bonds. The third kappa shape index (κ3) is 2.07. The topological polar surface area (TPSA) is 21.3 Å². The van der Waals surface area contributed by atoms with E-state index < -0.39 is 0 Å². The Labute approximate surface area is 86.3 Å². The second-order valence-electron chi connectivity index (χ2n) is 3.70. The monoisotopic (exact) mass is 193 g/mol. The largest absolute Gasteiger partial charge is 0.496 e. The summed E-state index contributed by atoms with van der Waals surface area (Å²) in [5.74, 6) is 0.997. The van der Waals surface area contributed by atoms with Crippen molar-refractivity contribution in [2.75, 3.05) is 14.2 Å². The molecule has 0 heterocycles. The molecule has 1 rings (SSSR count). The van der Waals surface area contributed by atoms with Crippen molar-refractivity contribution in [3.05, 3.63) is 28.8 Å². The summed E-state index contributed by atoms with van der Waals surface area (Å²) >= 11 is 0. The highest BCUT2D eigenvalue weighted by Gasteiger charge is 2.08. The molecule has 1 N–H and O–H groups in total. The summed E-state index contributed by atoms with van der Waals surface area (Å²) in [4.78, 5) is 0. The van der Waals surface area contributed by atoms with E-state index in [1.165, 1.54) is 16.7 Å². The average Bonchev–Trinajstić information content (AvgIpc) is 2.16. The fourth-order valence-corrected chi connectivity index (χ4v) is 1.72. The summed E-state index contributed by atoms with van der Waals surface area (Å²) in [6.07, 6.45) is 0. The number of hydrogen-bond acceptors (Lipinski definition) is 2. The number of aryl methyl sites for hydroxylation is 2. The quantitative estimate of drug-likeness (QED) is 0.796. The van der Waals surface area contributed by atoms with E-state index in [0.717, 1.165) is 5.75 Å². The van der Waals surface area contributed by atoms with Crippen molar-refractivity contribution in [2.45, 2.75) is 26.8 Å².